The Balaban J connectivity index is 1.69. The largest absolute Gasteiger partial charge is 0.481 e. The van der Waals surface area contributed by atoms with E-state index >= 15 is 0 Å². The third kappa shape index (κ3) is 6.14. The Bertz CT molecular complexity index is 1100. The molecule has 1 unspecified atom stereocenters. The number of aliphatic carboxylic acids is 1. The Kier molecular flexibility index (Phi) is 7.96. The van der Waals surface area contributed by atoms with E-state index in [1.54, 1.807) is 12.1 Å². The van der Waals surface area contributed by atoms with Crippen molar-refractivity contribution in [3.63, 3.8) is 0 Å². The Morgan fingerprint density at radius 3 is 2.78 bits per heavy atom. The number of benzene rings is 2. The summed E-state index contributed by atoms with van der Waals surface area (Å²) in [5.41, 5.74) is 3.71. The normalized spacial score (nSPS) is 11.9. The van der Waals surface area contributed by atoms with Crippen LogP contribution in [0.5, 0.6) is 0 Å². The van der Waals surface area contributed by atoms with Gasteiger partial charge in [0.25, 0.3) is 10.9 Å². The first-order valence-corrected chi connectivity index (χ1v) is 11.0. The molecule has 3 rings (SSSR count). The number of carboxylic acids is 1. The highest BCUT2D eigenvalue weighted by molar-refractivity contribution is 7.99. The zero-order chi connectivity index (χ0) is 23.1. The number of nitrogens with one attached hydrogen (secondary N) is 1. The first-order valence-electron chi connectivity index (χ1n) is 10.1. The average Bonchev–Trinajstić information content (AvgIpc) is 3.23. The highest BCUT2D eigenvalue weighted by atomic mass is 32.2. The van der Waals surface area contributed by atoms with Crippen LogP contribution in [0.1, 0.15) is 41.7 Å². The number of thioether (sulfide) groups is 1. The number of nitro benzene ring substituents is 1. The molecule has 0 aliphatic rings. The summed E-state index contributed by atoms with van der Waals surface area (Å²) in [7, 11) is 0. The lowest BCUT2D eigenvalue weighted by Gasteiger charge is -2.12. The molecule has 2 N–H and O–H groups in total. The monoisotopic (exact) mass is 456 g/mol. The van der Waals surface area contributed by atoms with E-state index in [0.29, 0.717) is 24.2 Å². The van der Waals surface area contributed by atoms with Gasteiger partial charge in [-0.2, -0.15) is 0 Å². The van der Waals surface area contributed by atoms with Crippen LogP contribution in [0, 0.1) is 17.0 Å². The summed E-state index contributed by atoms with van der Waals surface area (Å²) in [4.78, 5) is 21.3. The van der Waals surface area contributed by atoms with Crippen molar-refractivity contribution in [1.82, 2.24) is 15.5 Å². The number of hydrogen-bond acceptors (Lipinski definition) is 8. The van der Waals surface area contributed by atoms with Crippen LogP contribution in [0.3, 0.4) is 0 Å². The van der Waals surface area contributed by atoms with Gasteiger partial charge in [0.1, 0.15) is 0 Å². The van der Waals surface area contributed by atoms with Crippen molar-refractivity contribution in [3.8, 4) is 11.5 Å². The van der Waals surface area contributed by atoms with Crippen molar-refractivity contribution >= 4 is 23.4 Å². The van der Waals surface area contributed by atoms with E-state index in [4.69, 9.17) is 9.52 Å². The smallest absolute Gasteiger partial charge is 0.304 e. The minimum atomic E-state index is -0.829. The maximum Gasteiger partial charge on any atom is 0.304 e. The molecular weight excluding hydrogens is 432 g/mol. The lowest BCUT2D eigenvalue weighted by atomic mass is 10.1. The van der Waals surface area contributed by atoms with Gasteiger partial charge < -0.3 is 14.8 Å². The summed E-state index contributed by atoms with van der Waals surface area (Å²) >= 11 is 1.38. The van der Waals surface area contributed by atoms with Crippen LogP contribution in [-0.2, 0) is 11.3 Å². The zero-order valence-corrected chi connectivity index (χ0v) is 18.6. The van der Waals surface area contributed by atoms with E-state index in [-0.39, 0.29) is 17.4 Å². The molecule has 1 aromatic heterocycles. The van der Waals surface area contributed by atoms with E-state index in [0.717, 1.165) is 28.7 Å². The molecule has 168 valence electrons. The number of rotatable bonds is 11. The lowest BCUT2D eigenvalue weighted by Crippen LogP contribution is -2.17. The first-order chi connectivity index (χ1) is 15.4. The fourth-order valence-electron chi connectivity index (χ4n) is 3.22. The number of nitro groups is 1. The predicted molar refractivity (Wildman–Crippen MR) is 120 cm³/mol. The van der Waals surface area contributed by atoms with Crippen LogP contribution in [0.2, 0.25) is 0 Å². The van der Waals surface area contributed by atoms with Gasteiger partial charge in [0.05, 0.1) is 11.3 Å². The summed E-state index contributed by atoms with van der Waals surface area (Å²) < 4.78 is 5.87. The number of aryl methyl sites for hydroxylation is 1. The van der Waals surface area contributed by atoms with Gasteiger partial charge in [-0.15, -0.1) is 10.2 Å². The summed E-state index contributed by atoms with van der Waals surface area (Å²) in [6, 6.07) is 12.4. The number of carbonyl (C=O) groups is 1. The number of non-ortho nitro benzene ring substituents is 1. The first kappa shape index (κ1) is 23.4. The van der Waals surface area contributed by atoms with Crippen LogP contribution in [0.25, 0.3) is 11.5 Å². The molecule has 3 aromatic rings. The van der Waals surface area contributed by atoms with Gasteiger partial charge in [0.2, 0.25) is 5.89 Å². The van der Waals surface area contributed by atoms with Crippen molar-refractivity contribution in [1.29, 1.82) is 0 Å². The average molecular weight is 457 g/mol. The molecular formula is C22H24N4O5S. The molecule has 9 nitrogen and oxygen atoms in total. The molecule has 32 heavy (non-hydrogen) atoms. The topological polar surface area (TPSA) is 131 Å². The van der Waals surface area contributed by atoms with E-state index in [1.807, 2.05) is 38.1 Å². The quantitative estimate of drug-likeness (QED) is 0.181. The third-order valence-corrected chi connectivity index (χ3v) is 6.10. The second kappa shape index (κ2) is 10.9. The number of nitrogens with zero attached hydrogens (tertiary/aromatic N) is 3. The van der Waals surface area contributed by atoms with E-state index in [2.05, 4.69) is 15.5 Å². The van der Waals surface area contributed by atoms with Gasteiger partial charge in [-0.1, -0.05) is 43.0 Å². The van der Waals surface area contributed by atoms with E-state index in [1.165, 1.54) is 17.8 Å². The second-order valence-corrected chi connectivity index (χ2v) is 8.36. The van der Waals surface area contributed by atoms with Gasteiger partial charge in [-0.25, -0.2) is 0 Å². The van der Waals surface area contributed by atoms with Crippen LogP contribution in [0.15, 0.2) is 52.1 Å². The van der Waals surface area contributed by atoms with Gasteiger partial charge in [0, 0.05) is 36.0 Å². The van der Waals surface area contributed by atoms with Crippen molar-refractivity contribution in [3.05, 3.63) is 69.3 Å². The molecule has 1 atom stereocenters. The SMILES string of the molecule is CCC(Sc1nnc(-c2ccc(CNCCC(=O)O)cc2C)o1)c1cccc([N+](=O)[O-])c1. The van der Waals surface area contributed by atoms with Crippen molar-refractivity contribution in [2.24, 2.45) is 0 Å². The summed E-state index contributed by atoms with van der Waals surface area (Å²) in [6.45, 7) is 4.93. The molecule has 0 spiro atoms. The molecule has 0 aliphatic heterocycles. The van der Waals surface area contributed by atoms with E-state index < -0.39 is 10.9 Å². The molecule has 0 radical (unpaired) electrons. The van der Waals surface area contributed by atoms with Gasteiger partial charge in [-0.05, 0) is 36.1 Å². The molecule has 0 bridgehead atoms. The molecule has 0 saturated heterocycles. The van der Waals surface area contributed by atoms with Crippen LogP contribution in [0.4, 0.5) is 5.69 Å². The number of hydrogen-bond donors (Lipinski definition) is 2. The van der Waals surface area contributed by atoms with Gasteiger partial charge in [-0.3, -0.25) is 14.9 Å². The van der Waals surface area contributed by atoms with Crippen molar-refractivity contribution in [2.75, 3.05) is 6.54 Å². The molecule has 0 saturated carbocycles. The zero-order valence-electron chi connectivity index (χ0n) is 17.8. The molecule has 10 heteroatoms. The van der Waals surface area contributed by atoms with Crippen molar-refractivity contribution in [2.45, 2.75) is 43.7 Å². The summed E-state index contributed by atoms with van der Waals surface area (Å²) in [6.07, 6.45) is 0.820. The predicted octanol–water partition coefficient (Wildman–Crippen LogP) is 4.76. The molecule has 0 amide bonds. The van der Waals surface area contributed by atoms with Gasteiger partial charge in [0.15, 0.2) is 0 Å². The van der Waals surface area contributed by atoms with Gasteiger partial charge >= 0.3 is 5.97 Å². The highest BCUT2D eigenvalue weighted by Gasteiger charge is 2.19. The number of carboxylic acid groups (broad SMARTS) is 1. The Labute approximate surface area is 189 Å². The summed E-state index contributed by atoms with van der Waals surface area (Å²) in [5.74, 6) is -0.422. The van der Waals surface area contributed by atoms with Crippen LogP contribution >= 0.6 is 11.8 Å². The fourth-order valence-corrected chi connectivity index (χ4v) is 4.13. The lowest BCUT2D eigenvalue weighted by molar-refractivity contribution is -0.384. The maximum absolute atomic E-state index is 11.1. The highest BCUT2D eigenvalue weighted by Crippen LogP contribution is 2.39. The fraction of sp³-hybridized carbons (Fsp3) is 0.318. The maximum atomic E-state index is 11.1. The number of aromatic nitrogens is 2. The second-order valence-electron chi connectivity index (χ2n) is 7.21. The van der Waals surface area contributed by atoms with E-state index in [9.17, 15) is 14.9 Å². The molecule has 2 aromatic carbocycles. The minimum absolute atomic E-state index is 0.0523. The van der Waals surface area contributed by atoms with Crippen molar-refractivity contribution < 1.29 is 19.2 Å². The van der Waals surface area contributed by atoms with Crippen LogP contribution < -0.4 is 5.32 Å². The molecule has 0 fully saturated rings. The minimum Gasteiger partial charge on any atom is -0.481 e. The standard InChI is InChI=1S/C22H24N4O5S/c1-3-19(16-5-4-6-17(12-16)26(29)30)32-22-25-24-21(31-22)18-8-7-15(11-14(18)2)13-23-10-9-20(27)28/h4-8,11-12,19,23H,3,9-10,13H2,1-2H3,(H,27,28). The van der Waals surface area contributed by atoms with Crippen LogP contribution in [-0.4, -0.2) is 32.7 Å². The molecule has 0 aliphatic carbocycles. The Morgan fingerprint density at radius 1 is 1.28 bits per heavy atom. The Morgan fingerprint density at radius 2 is 2.09 bits per heavy atom. The Hall–Kier alpha value is -3.24. The summed E-state index contributed by atoms with van der Waals surface area (Å²) in [5, 5.41) is 31.5. The third-order valence-electron chi connectivity index (χ3n) is 4.84. The molecule has 1 heterocycles.